The largest absolute Gasteiger partial charge is 0.361 e. The van der Waals surface area contributed by atoms with Crippen LogP contribution in [0.25, 0.3) is 5.57 Å². The van der Waals surface area contributed by atoms with Gasteiger partial charge in [-0.05, 0) is 140 Å². The molecule has 1 fully saturated rings. The van der Waals surface area contributed by atoms with Gasteiger partial charge in [-0.1, -0.05) is 122 Å². The van der Waals surface area contributed by atoms with E-state index in [1.54, 1.807) is 0 Å². The van der Waals surface area contributed by atoms with E-state index in [1.165, 1.54) is 76.2 Å². The van der Waals surface area contributed by atoms with Gasteiger partial charge in [0.1, 0.15) is 0 Å². The number of allylic oxidation sites excluding steroid dienone is 18. The van der Waals surface area contributed by atoms with Gasteiger partial charge in [0, 0.05) is 35.0 Å². The van der Waals surface area contributed by atoms with E-state index in [0.717, 1.165) is 25.7 Å². The molecule has 0 amide bonds. The fraction of sp³-hybridized carbons (Fsp3) is 0.385. The zero-order chi connectivity index (χ0) is 37.0. The van der Waals surface area contributed by atoms with E-state index >= 15 is 0 Å². The summed E-state index contributed by atoms with van der Waals surface area (Å²) in [7, 11) is 0. The zero-order valence-electron chi connectivity index (χ0n) is 32.7. The predicted octanol–water partition coefficient (Wildman–Crippen LogP) is 11.5. The fourth-order valence-electron chi connectivity index (χ4n) is 11.5. The Labute approximate surface area is 329 Å². The SMILES string of the molecule is CC(N)C1=CCC(C2C=CC(N3c4ccc(C5=C[C@H]6C7CCC=CC7N(C7=CC=C(C8=CC=CCC8)CC7)C6C=C5)cc4C4C=CC=CC43)=CC2)[C@H](C)C=C1. The van der Waals surface area contributed by atoms with Crippen molar-refractivity contribution in [1.82, 2.24) is 4.90 Å². The molecule has 3 heteroatoms. The third-order valence-electron chi connectivity index (χ3n) is 14.4. The number of nitrogens with two attached hydrogens (primary N) is 1. The molecule has 0 spiro atoms. The number of rotatable bonds is 6. The first kappa shape index (κ1) is 34.9. The summed E-state index contributed by atoms with van der Waals surface area (Å²) < 4.78 is 0. The van der Waals surface area contributed by atoms with Crippen LogP contribution < -0.4 is 10.6 Å². The molecule has 10 atom stereocenters. The summed E-state index contributed by atoms with van der Waals surface area (Å²) in [5.41, 5.74) is 19.1. The highest BCUT2D eigenvalue weighted by Crippen LogP contribution is 2.51. The summed E-state index contributed by atoms with van der Waals surface area (Å²) in [5.74, 6) is 3.19. The van der Waals surface area contributed by atoms with Crippen molar-refractivity contribution in [3.8, 4) is 0 Å². The van der Waals surface area contributed by atoms with Gasteiger partial charge in [0.05, 0.1) is 18.1 Å². The number of hydrogen-bond acceptors (Lipinski definition) is 3. The van der Waals surface area contributed by atoms with Crippen molar-refractivity contribution < 1.29 is 0 Å². The molecule has 10 rings (SSSR count). The Morgan fingerprint density at radius 3 is 2.47 bits per heavy atom. The highest BCUT2D eigenvalue weighted by molar-refractivity contribution is 5.80. The van der Waals surface area contributed by atoms with E-state index in [2.05, 4.69) is 163 Å². The number of benzene rings is 1. The van der Waals surface area contributed by atoms with Gasteiger partial charge in [-0.2, -0.15) is 0 Å². The molecular weight excluding hydrogens is 667 g/mol. The van der Waals surface area contributed by atoms with Crippen LogP contribution in [0, 0.1) is 29.6 Å². The molecule has 0 bridgehead atoms. The number of nitrogens with zero attached hydrogens (tertiary/aromatic N) is 2. The lowest BCUT2D eigenvalue weighted by Crippen LogP contribution is -2.36. The van der Waals surface area contributed by atoms with E-state index in [-0.39, 0.29) is 6.04 Å². The molecule has 1 aromatic rings. The van der Waals surface area contributed by atoms with Crippen molar-refractivity contribution in [1.29, 1.82) is 0 Å². The van der Waals surface area contributed by atoms with E-state index in [4.69, 9.17) is 5.73 Å². The zero-order valence-corrected chi connectivity index (χ0v) is 32.7. The second kappa shape index (κ2) is 14.5. The van der Waals surface area contributed by atoms with Crippen molar-refractivity contribution in [3.63, 3.8) is 0 Å². The van der Waals surface area contributed by atoms with Crippen LogP contribution >= 0.6 is 0 Å². The smallest absolute Gasteiger partial charge is 0.0629 e. The Morgan fingerprint density at radius 1 is 0.745 bits per heavy atom. The van der Waals surface area contributed by atoms with E-state index in [9.17, 15) is 0 Å². The molecule has 1 saturated heterocycles. The van der Waals surface area contributed by atoms with Gasteiger partial charge in [0.2, 0.25) is 0 Å². The molecule has 0 saturated carbocycles. The summed E-state index contributed by atoms with van der Waals surface area (Å²) in [6.07, 6.45) is 57.5. The minimum Gasteiger partial charge on any atom is -0.361 e. The monoisotopic (exact) mass is 723 g/mol. The number of anilines is 1. The number of fused-ring (bicyclic) bond motifs is 6. The van der Waals surface area contributed by atoms with E-state index in [0.29, 0.717) is 53.6 Å². The molecule has 2 aliphatic heterocycles. The van der Waals surface area contributed by atoms with Gasteiger partial charge < -0.3 is 15.5 Å². The first-order chi connectivity index (χ1) is 27.0. The molecule has 2 heterocycles. The third-order valence-corrected chi connectivity index (χ3v) is 14.4. The van der Waals surface area contributed by atoms with Crippen LogP contribution in [-0.2, 0) is 0 Å². The molecule has 280 valence electrons. The first-order valence-electron chi connectivity index (χ1n) is 21.4. The summed E-state index contributed by atoms with van der Waals surface area (Å²) >= 11 is 0. The van der Waals surface area contributed by atoms with Crippen LogP contribution in [0.2, 0.25) is 0 Å². The van der Waals surface area contributed by atoms with Gasteiger partial charge in [-0.3, -0.25) is 0 Å². The summed E-state index contributed by atoms with van der Waals surface area (Å²) in [4.78, 5) is 5.43. The van der Waals surface area contributed by atoms with Crippen LogP contribution in [-0.4, -0.2) is 29.1 Å². The third kappa shape index (κ3) is 6.24. The van der Waals surface area contributed by atoms with Gasteiger partial charge in [-0.25, -0.2) is 0 Å². The highest BCUT2D eigenvalue weighted by atomic mass is 15.2. The molecule has 55 heavy (non-hydrogen) atoms. The summed E-state index contributed by atoms with van der Waals surface area (Å²) in [5, 5.41) is 0. The second-order valence-corrected chi connectivity index (χ2v) is 17.6. The van der Waals surface area contributed by atoms with Crippen molar-refractivity contribution in [3.05, 3.63) is 179 Å². The van der Waals surface area contributed by atoms with Crippen molar-refractivity contribution in [2.24, 2.45) is 35.3 Å². The van der Waals surface area contributed by atoms with Gasteiger partial charge in [-0.15, -0.1) is 0 Å². The van der Waals surface area contributed by atoms with Crippen molar-refractivity contribution >= 4 is 11.3 Å². The van der Waals surface area contributed by atoms with Crippen molar-refractivity contribution in [2.75, 3.05) is 4.90 Å². The molecule has 0 aromatic heterocycles. The lowest BCUT2D eigenvalue weighted by molar-refractivity contribution is 0.278. The maximum Gasteiger partial charge on any atom is 0.0629 e. The van der Waals surface area contributed by atoms with Gasteiger partial charge in [0.25, 0.3) is 0 Å². The van der Waals surface area contributed by atoms with Crippen LogP contribution in [0.15, 0.2) is 168 Å². The molecule has 3 nitrogen and oxygen atoms in total. The standard InChI is InChI=1S/C52H57N3/c1-34-16-17-36(35(2)53)22-29-44(34)39-20-27-43(28-21-39)55-50-15-9-7-13-46(50)48-33-41(24-31-52(48)55)40-23-30-51-47(32-40)45-12-6-8-14-49(45)54(51)42-25-18-38(19-26-42)37-10-4-3-5-11-37/h3-4,7-10,13-18,20,22-25,27-28,30-35,39,44-47,49-51H,5-6,11-12,19,21,26,29,53H2,1-2H3/t34-,35?,39?,44?,45?,46?,47+,49?,50?,51?/m1/s1. The Kier molecular flexibility index (Phi) is 9.18. The summed E-state index contributed by atoms with van der Waals surface area (Å²) in [6, 6.07) is 8.66. The minimum atomic E-state index is 0.0901. The number of likely N-dealkylation sites (tertiary alicyclic amines) is 1. The lowest BCUT2D eigenvalue weighted by atomic mass is 9.77. The van der Waals surface area contributed by atoms with Crippen LogP contribution in [0.3, 0.4) is 0 Å². The first-order valence-corrected chi connectivity index (χ1v) is 21.4. The molecule has 0 radical (unpaired) electrons. The maximum absolute atomic E-state index is 6.26. The average Bonchev–Trinajstić information content (AvgIpc) is 3.66. The Morgan fingerprint density at radius 2 is 1.65 bits per heavy atom. The topological polar surface area (TPSA) is 32.5 Å². The second-order valence-electron chi connectivity index (χ2n) is 17.6. The molecule has 9 aliphatic rings. The highest BCUT2D eigenvalue weighted by Gasteiger charge is 2.48. The molecule has 2 N–H and O–H groups in total. The minimum absolute atomic E-state index is 0.0901. The average molecular weight is 724 g/mol. The fourth-order valence-corrected chi connectivity index (χ4v) is 11.5. The van der Waals surface area contributed by atoms with E-state index < -0.39 is 0 Å². The molecule has 8 unspecified atom stereocenters. The van der Waals surface area contributed by atoms with E-state index in [1.807, 2.05) is 0 Å². The van der Waals surface area contributed by atoms with Crippen molar-refractivity contribution in [2.45, 2.75) is 95.3 Å². The van der Waals surface area contributed by atoms with Gasteiger partial charge in [0.15, 0.2) is 0 Å². The number of hydrogen-bond donors (Lipinski definition) is 1. The van der Waals surface area contributed by atoms with Crippen LogP contribution in [0.5, 0.6) is 0 Å². The predicted molar refractivity (Wildman–Crippen MR) is 231 cm³/mol. The molecule has 1 aromatic carbocycles. The Hall–Kier alpha value is -4.60. The molecular formula is C52H57N3. The normalized spacial score (nSPS) is 34.8. The lowest BCUT2D eigenvalue weighted by Gasteiger charge is -2.36. The Bertz CT molecular complexity index is 2130. The van der Waals surface area contributed by atoms with Gasteiger partial charge >= 0.3 is 0 Å². The summed E-state index contributed by atoms with van der Waals surface area (Å²) in [6.45, 7) is 4.47. The van der Waals surface area contributed by atoms with Crippen LogP contribution in [0.4, 0.5) is 5.69 Å². The molecule has 7 aliphatic carbocycles. The maximum atomic E-state index is 6.26. The van der Waals surface area contributed by atoms with Crippen LogP contribution in [0.1, 0.15) is 82.3 Å². The quantitative estimate of drug-likeness (QED) is 0.297. The Balaban J connectivity index is 0.906.